The zero-order valence-corrected chi connectivity index (χ0v) is 16.3. The summed E-state index contributed by atoms with van der Waals surface area (Å²) >= 11 is 0. The molecule has 0 saturated carbocycles. The minimum absolute atomic E-state index is 0.0508. The zero-order chi connectivity index (χ0) is 18.8. The van der Waals surface area contributed by atoms with Crippen LogP contribution < -0.4 is 10.6 Å². The lowest BCUT2D eigenvalue weighted by molar-refractivity contribution is -0.115. The van der Waals surface area contributed by atoms with E-state index in [2.05, 4.69) is 55.4 Å². The first-order valence-electron chi connectivity index (χ1n) is 8.66. The number of hydrogen-bond acceptors (Lipinski definition) is 4. The molecule has 0 unspecified atom stereocenters. The van der Waals surface area contributed by atoms with Gasteiger partial charge in [-0.1, -0.05) is 20.8 Å². The third-order valence-electron chi connectivity index (χ3n) is 4.37. The molecule has 0 fully saturated rings. The van der Waals surface area contributed by atoms with Crippen LogP contribution >= 0.6 is 0 Å². The van der Waals surface area contributed by atoms with Gasteiger partial charge in [-0.25, -0.2) is 0 Å². The summed E-state index contributed by atoms with van der Waals surface area (Å²) in [6.45, 7) is 12.7. The summed E-state index contributed by atoms with van der Waals surface area (Å²) in [5.74, 6) is 0.624. The number of amides is 1. The number of carbonyl (C=O) groups excluding carboxylic acids is 1. The number of nitrogens with zero attached hydrogens (tertiary/aromatic N) is 4. The topological polar surface area (TPSA) is 76.8 Å². The normalized spacial score (nSPS) is 14.4. The molecule has 7 heteroatoms. The highest BCUT2D eigenvalue weighted by Gasteiger charge is 2.20. The van der Waals surface area contributed by atoms with E-state index < -0.39 is 0 Å². The highest BCUT2D eigenvalue weighted by Crippen LogP contribution is 2.23. The largest absolute Gasteiger partial charge is 0.310 e. The smallest absolute Gasteiger partial charge is 0.239 e. The van der Waals surface area contributed by atoms with Gasteiger partial charge in [-0.05, 0) is 26.3 Å². The first kappa shape index (κ1) is 19.2. The lowest BCUT2D eigenvalue weighted by Gasteiger charge is -2.21. The van der Waals surface area contributed by atoms with Crippen molar-refractivity contribution in [2.45, 2.75) is 59.0 Å². The minimum Gasteiger partial charge on any atom is -0.310 e. The second-order valence-electron chi connectivity index (χ2n) is 7.74. The predicted octanol–water partition coefficient (Wildman–Crippen LogP) is 2.40. The quantitative estimate of drug-likeness (QED) is 0.842. The maximum Gasteiger partial charge on any atom is 0.239 e. The van der Waals surface area contributed by atoms with Gasteiger partial charge in [0.1, 0.15) is 5.82 Å². The Labute approximate surface area is 149 Å². The van der Waals surface area contributed by atoms with E-state index >= 15 is 0 Å². The molecule has 0 bridgehead atoms. The number of rotatable bonds is 6. The van der Waals surface area contributed by atoms with Crippen LogP contribution in [0.2, 0.25) is 0 Å². The molecule has 0 aliphatic heterocycles. The van der Waals surface area contributed by atoms with E-state index in [-0.39, 0.29) is 30.0 Å². The summed E-state index contributed by atoms with van der Waals surface area (Å²) in [7, 11) is 1.84. The van der Waals surface area contributed by atoms with Crippen LogP contribution in [0, 0.1) is 6.92 Å². The zero-order valence-electron chi connectivity index (χ0n) is 16.3. The molecule has 0 saturated heterocycles. The molecular formula is C18H30N6O. The summed E-state index contributed by atoms with van der Waals surface area (Å²) in [6.07, 6.45) is 3.84. The third-order valence-corrected chi connectivity index (χ3v) is 4.37. The Morgan fingerprint density at radius 1 is 1.32 bits per heavy atom. The van der Waals surface area contributed by atoms with Crippen molar-refractivity contribution in [3.05, 3.63) is 29.7 Å². The summed E-state index contributed by atoms with van der Waals surface area (Å²) in [5, 5.41) is 15.0. The molecule has 2 aromatic rings. The molecule has 25 heavy (non-hydrogen) atoms. The van der Waals surface area contributed by atoms with Gasteiger partial charge in [-0.15, -0.1) is 0 Å². The Hall–Kier alpha value is -2.15. The van der Waals surface area contributed by atoms with E-state index in [4.69, 9.17) is 0 Å². The molecule has 0 spiro atoms. The second-order valence-corrected chi connectivity index (χ2v) is 7.74. The predicted molar refractivity (Wildman–Crippen MR) is 99.7 cm³/mol. The fraction of sp³-hybridized carbons (Fsp3) is 0.611. The number of aryl methyl sites for hydroxylation is 2. The Balaban J connectivity index is 1.89. The highest BCUT2D eigenvalue weighted by molar-refractivity contribution is 5.91. The molecular weight excluding hydrogens is 316 g/mol. The van der Waals surface area contributed by atoms with Crippen molar-refractivity contribution < 1.29 is 4.79 Å². The van der Waals surface area contributed by atoms with E-state index in [1.165, 1.54) is 0 Å². The van der Waals surface area contributed by atoms with Gasteiger partial charge in [-0.2, -0.15) is 10.2 Å². The van der Waals surface area contributed by atoms with E-state index in [1.807, 2.05) is 37.1 Å². The molecule has 2 atom stereocenters. The SMILES string of the molecule is Cc1cnn([C@@H](C)[C@H](C)NCC(=O)Nc2cc(C(C)(C)C)nn2C)c1. The van der Waals surface area contributed by atoms with Gasteiger partial charge >= 0.3 is 0 Å². The van der Waals surface area contributed by atoms with Crippen molar-refractivity contribution in [2.75, 3.05) is 11.9 Å². The molecule has 2 N–H and O–H groups in total. The second kappa shape index (κ2) is 7.39. The Morgan fingerprint density at radius 2 is 2.00 bits per heavy atom. The number of anilines is 1. The lowest BCUT2D eigenvalue weighted by atomic mass is 9.92. The Bertz CT molecular complexity index is 724. The molecule has 0 aromatic carbocycles. The molecule has 0 radical (unpaired) electrons. The van der Waals surface area contributed by atoms with Crippen molar-refractivity contribution in [1.82, 2.24) is 24.9 Å². The molecule has 7 nitrogen and oxygen atoms in total. The van der Waals surface area contributed by atoms with Crippen LogP contribution in [0.1, 0.15) is 51.9 Å². The molecule has 138 valence electrons. The van der Waals surface area contributed by atoms with Crippen LogP contribution in [-0.4, -0.2) is 38.1 Å². The summed E-state index contributed by atoms with van der Waals surface area (Å²) in [5.41, 5.74) is 2.03. The van der Waals surface area contributed by atoms with Gasteiger partial charge in [-0.3, -0.25) is 14.2 Å². The van der Waals surface area contributed by atoms with Gasteiger partial charge in [0.2, 0.25) is 5.91 Å². The minimum atomic E-state index is -0.0841. The van der Waals surface area contributed by atoms with E-state index in [1.54, 1.807) is 4.68 Å². The highest BCUT2D eigenvalue weighted by atomic mass is 16.2. The number of carbonyl (C=O) groups is 1. The van der Waals surface area contributed by atoms with Gasteiger partial charge in [0.25, 0.3) is 0 Å². The van der Waals surface area contributed by atoms with Crippen molar-refractivity contribution in [3.8, 4) is 0 Å². The first-order valence-corrected chi connectivity index (χ1v) is 8.66. The average Bonchev–Trinajstić information content (AvgIpc) is 3.10. The first-order chi connectivity index (χ1) is 11.6. The van der Waals surface area contributed by atoms with Crippen LogP contribution in [0.5, 0.6) is 0 Å². The third kappa shape index (κ3) is 4.92. The van der Waals surface area contributed by atoms with Gasteiger partial charge in [0.15, 0.2) is 0 Å². The van der Waals surface area contributed by atoms with Crippen LogP contribution in [-0.2, 0) is 17.3 Å². The fourth-order valence-corrected chi connectivity index (χ4v) is 2.45. The van der Waals surface area contributed by atoms with Gasteiger partial charge in [0, 0.05) is 30.8 Å². The molecule has 0 aliphatic carbocycles. The number of hydrogen-bond donors (Lipinski definition) is 2. The van der Waals surface area contributed by atoms with E-state index in [9.17, 15) is 4.79 Å². The van der Waals surface area contributed by atoms with Crippen molar-refractivity contribution >= 4 is 11.7 Å². The Kier molecular flexibility index (Phi) is 5.67. The van der Waals surface area contributed by atoms with Crippen LogP contribution in [0.15, 0.2) is 18.5 Å². The molecule has 2 aromatic heterocycles. The summed E-state index contributed by atoms with van der Waals surface area (Å²) < 4.78 is 3.62. The monoisotopic (exact) mass is 346 g/mol. The maximum absolute atomic E-state index is 12.3. The van der Waals surface area contributed by atoms with Crippen LogP contribution in [0.25, 0.3) is 0 Å². The summed E-state index contributed by atoms with van der Waals surface area (Å²) in [6, 6.07) is 2.20. The lowest BCUT2D eigenvalue weighted by Crippen LogP contribution is -2.39. The average molecular weight is 346 g/mol. The van der Waals surface area contributed by atoms with Crippen molar-refractivity contribution in [3.63, 3.8) is 0 Å². The molecule has 2 heterocycles. The van der Waals surface area contributed by atoms with E-state index in [0.29, 0.717) is 5.82 Å². The Morgan fingerprint density at radius 3 is 2.52 bits per heavy atom. The standard InChI is InChI=1S/C18H30N6O/c1-12-9-20-24(11-12)14(3)13(2)19-10-17(25)21-16-8-15(18(4,5)6)22-23(16)7/h8-9,11,13-14,19H,10H2,1-7H3,(H,21,25)/t13-,14-/m0/s1. The van der Waals surface area contributed by atoms with Crippen LogP contribution in [0.3, 0.4) is 0 Å². The number of aromatic nitrogens is 4. The molecule has 2 rings (SSSR count). The maximum atomic E-state index is 12.3. The number of nitrogens with one attached hydrogen (secondary N) is 2. The van der Waals surface area contributed by atoms with Crippen molar-refractivity contribution in [1.29, 1.82) is 0 Å². The van der Waals surface area contributed by atoms with Gasteiger partial charge < -0.3 is 10.6 Å². The van der Waals surface area contributed by atoms with Gasteiger partial charge in [0.05, 0.1) is 24.5 Å². The molecule has 0 aliphatic rings. The fourth-order valence-electron chi connectivity index (χ4n) is 2.45. The summed E-state index contributed by atoms with van der Waals surface area (Å²) in [4.78, 5) is 12.3. The van der Waals surface area contributed by atoms with Crippen LogP contribution in [0.4, 0.5) is 5.82 Å². The molecule has 1 amide bonds. The van der Waals surface area contributed by atoms with Crippen molar-refractivity contribution in [2.24, 2.45) is 7.05 Å². The van der Waals surface area contributed by atoms with E-state index in [0.717, 1.165) is 11.3 Å².